The summed E-state index contributed by atoms with van der Waals surface area (Å²) in [4.78, 5) is 2.47. The fourth-order valence-corrected chi connectivity index (χ4v) is 2.71. The molecule has 0 aromatic heterocycles. The van der Waals surface area contributed by atoms with Gasteiger partial charge < -0.3 is 9.84 Å². The molecule has 1 aliphatic heterocycles. The highest BCUT2D eigenvalue weighted by Crippen LogP contribution is 2.33. The molecule has 0 saturated carbocycles. The van der Waals surface area contributed by atoms with E-state index in [2.05, 4.69) is 25.7 Å². The van der Waals surface area contributed by atoms with Crippen LogP contribution in [-0.4, -0.2) is 35.2 Å². The van der Waals surface area contributed by atoms with Gasteiger partial charge in [-0.3, -0.25) is 4.90 Å². The van der Waals surface area contributed by atoms with Crippen LogP contribution in [0.1, 0.15) is 32.8 Å². The van der Waals surface area contributed by atoms with Crippen LogP contribution in [0.5, 0.6) is 11.5 Å². The van der Waals surface area contributed by atoms with E-state index in [1.165, 1.54) is 0 Å². The van der Waals surface area contributed by atoms with Gasteiger partial charge >= 0.3 is 0 Å². The third-order valence-electron chi connectivity index (χ3n) is 3.59. The molecule has 1 aliphatic rings. The minimum Gasteiger partial charge on any atom is -0.508 e. The molecule has 0 saturated heterocycles. The highest BCUT2D eigenvalue weighted by Gasteiger charge is 2.28. The second-order valence-corrected chi connectivity index (χ2v) is 5.25. The largest absolute Gasteiger partial charge is 0.508 e. The number of phenolic OH excluding ortho intramolecular Hbond substituents is 1. The van der Waals surface area contributed by atoms with E-state index in [0.29, 0.717) is 24.4 Å². The quantitative estimate of drug-likeness (QED) is 0.890. The Morgan fingerprint density at radius 1 is 1.44 bits per heavy atom. The van der Waals surface area contributed by atoms with Crippen molar-refractivity contribution in [2.75, 3.05) is 13.2 Å². The Hall–Kier alpha value is -1.22. The van der Waals surface area contributed by atoms with Crippen LogP contribution in [0, 0.1) is 0 Å². The van der Waals surface area contributed by atoms with Crippen molar-refractivity contribution >= 4 is 0 Å². The van der Waals surface area contributed by atoms with Crippen LogP contribution in [0.3, 0.4) is 0 Å². The number of hydrogen-bond donors (Lipinski definition) is 1. The van der Waals surface area contributed by atoms with Crippen molar-refractivity contribution in [1.82, 2.24) is 4.90 Å². The van der Waals surface area contributed by atoms with Gasteiger partial charge in [-0.25, -0.2) is 0 Å². The predicted octanol–water partition coefficient (Wildman–Crippen LogP) is 2.82. The van der Waals surface area contributed by atoms with Gasteiger partial charge in [-0.2, -0.15) is 0 Å². The van der Waals surface area contributed by atoms with Gasteiger partial charge in [-0.05, 0) is 45.4 Å². The van der Waals surface area contributed by atoms with E-state index < -0.39 is 0 Å². The lowest BCUT2D eigenvalue weighted by atomic mass is 9.99. The Morgan fingerprint density at radius 3 is 2.89 bits per heavy atom. The fraction of sp³-hybridized carbons (Fsp3) is 0.600. The molecule has 0 amide bonds. The SMILES string of the molecule is CCCN(C(C)C)[C@H]1COc2cccc(O)c2C1. The lowest BCUT2D eigenvalue weighted by Crippen LogP contribution is -2.47. The average Bonchev–Trinajstić information content (AvgIpc) is 2.36. The summed E-state index contributed by atoms with van der Waals surface area (Å²) in [6.45, 7) is 8.43. The van der Waals surface area contributed by atoms with Crippen LogP contribution in [-0.2, 0) is 6.42 Å². The molecular formula is C15H23NO2. The van der Waals surface area contributed by atoms with Gasteiger partial charge in [0.05, 0.1) is 0 Å². The molecule has 0 aliphatic carbocycles. The first-order valence-electron chi connectivity index (χ1n) is 6.82. The minimum absolute atomic E-state index is 0.359. The summed E-state index contributed by atoms with van der Waals surface area (Å²) in [6.07, 6.45) is 2.02. The van der Waals surface area contributed by atoms with E-state index in [1.54, 1.807) is 6.07 Å². The van der Waals surface area contributed by atoms with E-state index in [-0.39, 0.29) is 0 Å². The number of fused-ring (bicyclic) bond motifs is 1. The first-order valence-corrected chi connectivity index (χ1v) is 6.82. The molecule has 3 nitrogen and oxygen atoms in total. The summed E-state index contributed by atoms with van der Waals surface area (Å²) >= 11 is 0. The average molecular weight is 249 g/mol. The number of aromatic hydroxyl groups is 1. The van der Waals surface area contributed by atoms with Gasteiger partial charge in [0.2, 0.25) is 0 Å². The van der Waals surface area contributed by atoms with E-state index in [4.69, 9.17) is 4.74 Å². The molecule has 1 atom stereocenters. The van der Waals surface area contributed by atoms with Gasteiger partial charge in [0.25, 0.3) is 0 Å². The molecule has 2 rings (SSSR count). The molecule has 0 radical (unpaired) electrons. The Morgan fingerprint density at radius 2 is 2.22 bits per heavy atom. The lowest BCUT2D eigenvalue weighted by Gasteiger charge is -2.37. The number of rotatable bonds is 4. The van der Waals surface area contributed by atoms with E-state index in [1.807, 2.05) is 12.1 Å². The molecule has 1 aromatic carbocycles. The zero-order valence-corrected chi connectivity index (χ0v) is 11.5. The predicted molar refractivity (Wildman–Crippen MR) is 73.2 cm³/mol. The molecule has 1 heterocycles. The summed E-state index contributed by atoms with van der Waals surface area (Å²) in [7, 11) is 0. The minimum atomic E-state index is 0.359. The first kappa shape index (κ1) is 13.2. The smallest absolute Gasteiger partial charge is 0.126 e. The Labute approximate surface area is 109 Å². The molecule has 0 bridgehead atoms. The van der Waals surface area contributed by atoms with Crippen LogP contribution in [0.2, 0.25) is 0 Å². The topological polar surface area (TPSA) is 32.7 Å². The number of phenols is 1. The maximum atomic E-state index is 9.93. The standard InChI is InChI=1S/C15H23NO2/c1-4-8-16(11(2)3)12-9-13-14(17)6-5-7-15(13)18-10-12/h5-7,11-12,17H,4,8-10H2,1-3H3/t12-/m1/s1. The molecule has 1 aromatic rings. The molecular weight excluding hydrogens is 226 g/mol. The van der Waals surface area contributed by atoms with Crippen LogP contribution in [0.4, 0.5) is 0 Å². The van der Waals surface area contributed by atoms with Crippen molar-refractivity contribution in [3.63, 3.8) is 0 Å². The van der Waals surface area contributed by atoms with Gasteiger partial charge in [-0.1, -0.05) is 13.0 Å². The molecule has 100 valence electrons. The highest BCUT2D eigenvalue weighted by molar-refractivity contribution is 5.45. The highest BCUT2D eigenvalue weighted by atomic mass is 16.5. The second-order valence-electron chi connectivity index (χ2n) is 5.25. The summed E-state index contributed by atoms with van der Waals surface area (Å²) < 4.78 is 5.79. The Bertz CT molecular complexity index is 403. The van der Waals surface area contributed by atoms with Crippen LogP contribution in [0.25, 0.3) is 0 Å². The van der Waals surface area contributed by atoms with Crippen molar-refractivity contribution in [2.45, 2.75) is 45.7 Å². The summed E-state index contributed by atoms with van der Waals surface area (Å²) in [5.74, 6) is 1.20. The second kappa shape index (κ2) is 5.61. The van der Waals surface area contributed by atoms with Crippen LogP contribution in [0.15, 0.2) is 18.2 Å². The van der Waals surface area contributed by atoms with E-state index in [0.717, 1.165) is 30.7 Å². The van der Waals surface area contributed by atoms with Crippen LogP contribution < -0.4 is 4.74 Å². The van der Waals surface area contributed by atoms with Crippen LogP contribution >= 0.6 is 0 Å². The fourth-order valence-electron chi connectivity index (χ4n) is 2.71. The molecule has 0 spiro atoms. The lowest BCUT2D eigenvalue weighted by molar-refractivity contribution is 0.0916. The zero-order valence-electron chi connectivity index (χ0n) is 11.5. The normalized spacial score (nSPS) is 18.8. The summed E-state index contributed by atoms with van der Waals surface area (Å²) in [6, 6.07) is 6.38. The summed E-state index contributed by atoms with van der Waals surface area (Å²) in [5, 5.41) is 9.93. The van der Waals surface area contributed by atoms with E-state index in [9.17, 15) is 5.11 Å². The number of benzene rings is 1. The Balaban J connectivity index is 2.17. The number of ether oxygens (including phenoxy) is 1. The maximum absolute atomic E-state index is 9.93. The van der Waals surface area contributed by atoms with Gasteiger partial charge in [-0.15, -0.1) is 0 Å². The molecule has 3 heteroatoms. The number of nitrogens with zero attached hydrogens (tertiary/aromatic N) is 1. The molecule has 0 fully saturated rings. The van der Waals surface area contributed by atoms with Gasteiger partial charge in [0, 0.05) is 17.6 Å². The maximum Gasteiger partial charge on any atom is 0.126 e. The van der Waals surface area contributed by atoms with Gasteiger partial charge in [0.1, 0.15) is 18.1 Å². The monoisotopic (exact) mass is 249 g/mol. The Kier molecular flexibility index (Phi) is 4.12. The van der Waals surface area contributed by atoms with Crippen molar-refractivity contribution in [3.8, 4) is 11.5 Å². The van der Waals surface area contributed by atoms with Crippen molar-refractivity contribution in [1.29, 1.82) is 0 Å². The third-order valence-corrected chi connectivity index (χ3v) is 3.59. The zero-order chi connectivity index (χ0) is 13.1. The molecule has 18 heavy (non-hydrogen) atoms. The first-order chi connectivity index (χ1) is 8.63. The molecule has 1 N–H and O–H groups in total. The van der Waals surface area contributed by atoms with E-state index >= 15 is 0 Å². The van der Waals surface area contributed by atoms with Crippen molar-refractivity contribution in [2.24, 2.45) is 0 Å². The van der Waals surface area contributed by atoms with Crippen molar-refractivity contribution in [3.05, 3.63) is 23.8 Å². The molecule has 0 unspecified atom stereocenters. The van der Waals surface area contributed by atoms with Crippen molar-refractivity contribution < 1.29 is 9.84 Å². The number of hydrogen-bond acceptors (Lipinski definition) is 3. The third kappa shape index (κ3) is 2.61. The summed E-state index contributed by atoms with van der Waals surface area (Å²) in [5.41, 5.74) is 0.954. The van der Waals surface area contributed by atoms with Gasteiger partial charge in [0.15, 0.2) is 0 Å².